The van der Waals surface area contributed by atoms with Crippen LogP contribution in [0, 0.1) is 6.92 Å². The summed E-state index contributed by atoms with van der Waals surface area (Å²) in [5.74, 6) is -0.111. The van der Waals surface area contributed by atoms with E-state index in [1.165, 1.54) is 0 Å². The van der Waals surface area contributed by atoms with Gasteiger partial charge >= 0.3 is 0 Å². The number of thiazole rings is 1. The number of amides is 1. The van der Waals surface area contributed by atoms with E-state index < -0.39 is 0 Å². The molecule has 2 aromatic carbocycles. The van der Waals surface area contributed by atoms with Crippen molar-refractivity contribution < 1.29 is 9.90 Å². The number of aliphatic hydroxyl groups is 1. The number of aryl methyl sites for hydroxylation is 1. The summed E-state index contributed by atoms with van der Waals surface area (Å²) in [6, 6.07) is 17.0. The summed E-state index contributed by atoms with van der Waals surface area (Å²) in [4.78, 5) is 16.7. The van der Waals surface area contributed by atoms with Crippen molar-refractivity contribution >= 4 is 17.2 Å². The van der Waals surface area contributed by atoms with E-state index in [-0.39, 0.29) is 25.0 Å². The van der Waals surface area contributed by atoms with Crippen molar-refractivity contribution in [3.8, 4) is 11.3 Å². The van der Waals surface area contributed by atoms with E-state index in [2.05, 4.69) is 10.3 Å². The summed E-state index contributed by atoms with van der Waals surface area (Å²) in [5, 5.41) is 15.5. The predicted octanol–water partition coefficient (Wildman–Crippen LogP) is 3.51. The molecule has 2 N–H and O–H groups in total. The molecule has 4 nitrogen and oxygen atoms in total. The van der Waals surface area contributed by atoms with E-state index in [1.54, 1.807) is 11.3 Å². The second-order valence-corrected chi connectivity index (χ2v) is 6.90. The number of aliphatic hydroxyl groups excluding tert-OH is 1. The first kappa shape index (κ1) is 17.3. The molecule has 1 heterocycles. The predicted molar refractivity (Wildman–Crippen MR) is 100 cm³/mol. The lowest BCUT2D eigenvalue weighted by atomic mass is 10.1. The van der Waals surface area contributed by atoms with Crippen LogP contribution in [-0.2, 0) is 11.2 Å². The maximum absolute atomic E-state index is 12.3. The fourth-order valence-corrected chi connectivity index (χ4v) is 3.26. The molecular weight excluding hydrogens is 332 g/mol. The second kappa shape index (κ2) is 8.05. The first-order valence-corrected chi connectivity index (χ1v) is 9.00. The average Bonchev–Trinajstić information content (AvgIpc) is 3.07. The molecule has 0 unspecified atom stereocenters. The third-order valence-corrected chi connectivity index (χ3v) is 4.73. The molecule has 0 aliphatic rings. The second-order valence-electron chi connectivity index (χ2n) is 5.84. The van der Waals surface area contributed by atoms with Gasteiger partial charge in [0.2, 0.25) is 5.91 Å². The van der Waals surface area contributed by atoms with Crippen LogP contribution in [0.15, 0.2) is 60.0 Å². The Bertz CT molecular complexity index is 828. The van der Waals surface area contributed by atoms with Gasteiger partial charge in [0.05, 0.1) is 29.8 Å². The van der Waals surface area contributed by atoms with Gasteiger partial charge in [-0.2, -0.15) is 0 Å². The van der Waals surface area contributed by atoms with Gasteiger partial charge < -0.3 is 10.4 Å². The molecule has 0 fully saturated rings. The molecule has 0 spiro atoms. The molecule has 25 heavy (non-hydrogen) atoms. The highest BCUT2D eigenvalue weighted by atomic mass is 32.1. The number of nitrogens with zero attached hydrogens (tertiary/aromatic N) is 1. The van der Waals surface area contributed by atoms with E-state index in [1.807, 2.05) is 66.9 Å². The van der Waals surface area contributed by atoms with Crippen molar-refractivity contribution in [3.05, 3.63) is 76.1 Å². The van der Waals surface area contributed by atoms with Crippen LogP contribution in [0.4, 0.5) is 0 Å². The molecule has 0 aliphatic carbocycles. The van der Waals surface area contributed by atoms with E-state index in [0.29, 0.717) is 0 Å². The van der Waals surface area contributed by atoms with Crippen LogP contribution in [0.1, 0.15) is 22.2 Å². The third kappa shape index (κ3) is 4.53. The summed E-state index contributed by atoms with van der Waals surface area (Å²) in [5.41, 5.74) is 3.83. The minimum absolute atomic E-state index is 0.111. The lowest BCUT2D eigenvalue weighted by Gasteiger charge is -2.16. The van der Waals surface area contributed by atoms with Crippen LogP contribution in [0.5, 0.6) is 0 Å². The molecule has 1 aromatic heterocycles. The smallest absolute Gasteiger partial charge is 0.224 e. The van der Waals surface area contributed by atoms with Gasteiger partial charge in [-0.15, -0.1) is 11.3 Å². The summed E-state index contributed by atoms with van der Waals surface area (Å²) < 4.78 is 0. The molecule has 5 heteroatoms. The number of carbonyl (C=O) groups is 1. The summed E-state index contributed by atoms with van der Waals surface area (Å²) >= 11 is 1.62. The molecule has 128 valence electrons. The van der Waals surface area contributed by atoms with E-state index in [9.17, 15) is 9.90 Å². The molecule has 0 saturated carbocycles. The average molecular weight is 352 g/mol. The molecule has 1 atom stereocenters. The van der Waals surface area contributed by atoms with Crippen LogP contribution in [0.2, 0.25) is 0 Å². The SMILES string of the molecule is Cc1nc(-c2ccc(CC(=O)N[C@H](CO)c3ccccc3)cc2)cs1. The summed E-state index contributed by atoms with van der Waals surface area (Å²) in [6.07, 6.45) is 0.277. The molecule has 1 amide bonds. The number of hydrogen-bond acceptors (Lipinski definition) is 4. The van der Waals surface area contributed by atoms with Crippen molar-refractivity contribution in [3.63, 3.8) is 0 Å². The Hall–Kier alpha value is -2.50. The minimum Gasteiger partial charge on any atom is -0.394 e. The fraction of sp³-hybridized carbons (Fsp3) is 0.200. The number of carbonyl (C=O) groups excluding carboxylic acids is 1. The highest BCUT2D eigenvalue weighted by Gasteiger charge is 2.13. The van der Waals surface area contributed by atoms with Gasteiger partial charge in [-0.25, -0.2) is 4.98 Å². The lowest BCUT2D eigenvalue weighted by molar-refractivity contribution is -0.121. The van der Waals surface area contributed by atoms with Crippen molar-refractivity contribution in [2.45, 2.75) is 19.4 Å². The Morgan fingerprint density at radius 2 is 1.88 bits per heavy atom. The first-order chi connectivity index (χ1) is 12.2. The molecule has 0 saturated heterocycles. The number of hydrogen-bond donors (Lipinski definition) is 2. The summed E-state index contributed by atoms with van der Waals surface area (Å²) in [6.45, 7) is 1.86. The van der Waals surface area contributed by atoms with Crippen LogP contribution < -0.4 is 5.32 Å². The highest BCUT2D eigenvalue weighted by molar-refractivity contribution is 7.09. The Balaban J connectivity index is 1.62. The van der Waals surface area contributed by atoms with Gasteiger partial charge in [-0.3, -0.25) is 4.79 Å². The van der Waals surface area contributed by atoms with E-state index in [0.717, 1.165) is 27.4 Å². The number of nitrogens with one attached hydrogen (secondary N) is 1. The summed E-state index contributed by atoms with van der Waals surface area (Å²) in [7, 11) is 0. The lowest BCUT2D eigenvalue weighted by Crippen LogP contribution is -2.31. The van der Waals surface area contributed by atoms with Crippen molar-refractivity contribution in [1.82, 2.24) is 10.3 Å². The Labute approximate surface area is 151 Å². The Morgan fingerprint density at radius 1 is 1.16 bits per heavy atom. The number of benzene rings is 2. The molecular formula is C20H20N2O2S. The third-order valence-electron chi connectivity index (χ3n) is 3.95. The monoisotopic (exact) mass is 352 g/mol. The minimum atomic E-state index is -0.383. The number of rotatable bonds is 6. The standard InChI is InChI=1S/C20H20N2O2S/c1-14-21-19(13-25-14)17-9-7-15(8-10-17)11-20(24)22-18(12-23)16-5-3-2-4-6-16/h2-10,13,18,23H,11-12H2,1H3,(H,22,24)/t18-/m1/s1. The van der Waals surface area contributed by atoms with Gasteiger partial charge in [0.25, 0.3) is 0 Å². The topological polar surface area (TPSA) is 62.2 Å². The van der Waals surface area contributed by atoms with Gasteiger partial charge in [0, 0.05) is 10.9 Å². The van der Waals surface area contributed by atoms with Gasteiger partial charge in [0.15, 0.2) is 0 Å². The van der Waals surface area contributed by atoms with Gasteiger partial charge in [-0.1, -0.05) is 54.6 Å². The first-order valence-electron chi connectivity index (χ1n) is 8.12. The zero-order valence-corrected chi connectivity index (χ0v) is 14.8. The Morgan fingerprint density at radius 3 is 2.48 bits per heavy atom. The van der Waals surface area contributed by atoms with Crippen molar-refractivity contribution in [2.24, 2.45) is 0 Å². The fourth-order valence-electron chi connectivity index (χ4n) is 2.64. The molecule has 3 aromatic rings. The van der Waals surface area contributed by atoms with Gasteiger partial charge in [-0.05, 0) is 18.1 Å². The maximum Gasteiger partial charge on any atom is 0.224 e. The molecule has 0 aliphatic heterocycles. The van der Waals surface area contributed by atoms with E-state index >= 15 is 0 Å². The van der Waals surface area contributed by atoms with Crippen LogP contribution in [0.3, 0.4) is 0 Å². The van der Waals surface area contributed by atoms with Crippen LogP contribution >= 0.6 is 11.3 Å². The van der Waals surface area contributed by atoms with Crippen LogP contribution in [-0.4, -0.2) is 22.6 Å². The van der Waals surface area contributed by atoms with Crippen molar-refractivity contribution in [2.75, 3.05) is 6.61 Å². The zero-order valence-electron chi connectivity index (χ0n) is 14.0. The largest absolute Gasteiger partial charge is 0.394 e. The number of aromatic nitrogens is 1. The highest BCUT2D eigenvalue weighted by Crippen LogP contribution is 2.22. The van der Waals surface area contributed by atoms with Gasteiger partial charge in [0.1, 0.15) is 0 Å². The van der Waals surface area contributed by atoms with Crippen molar-refractivity contribution in [1.29, 1.82) is 0 Å². The quantitative estimate of drug-likeness (QED) is 0.714. The van der Waals surface area contributed by atoms with Crippen LogP contribution in [0.25, 0.3) is 11.3 Å². The molecule has 0 bridgehead atoms. The van der Waals surface area contributed by atoms with E-state index in [4.69, 9.17) is 0 Å². The normalized spacial score (nSPS) is 11.9. The molecule has 0 radical (unpaired) electrons. The molecule has 3 rings (SSSR count). The zero-order chi connectivity index (χ0) is 17.6. The maximum atomic E-state index is 12.3. The Kier molecular flexibility index (Phi) is 5.58.